The predicted octanol–water partition coefficient (Wildman–Crippen LogP) is 2.87. The molecule has 20 heavy (non-hydrogen) atoms. The van der Waals surface area contributed by atoms with Crippen LogP contribution in [0, 0.1) is 20.8 Å². The van der Waals surface area contributed by atoms with Crippen molar-refractivity contribution in [3.05, 3.63) is 52.6 Å². The maximum absolute atomic E-state index is 12.5. The van der Waals surface area contributed by atoms with E-state index in [-0.39, 0.29) is 5.78 Å². The van der Waals surface area contributed by atoms with E-state index in [1.807, 2.05) is 46.0 Å². The van der Waals surface area contributed by atoms with Gasteiger partial charge in [0.25, 0.3) is 0 Å². The number of rotatable bonds is 4. The van der Waals surface area contributed by atoms with Gasteiger partial charge in [-0.05, 0) is 44.0 Å². The lowest BCUT2D eigenvalue weighted by molar-refractivity contribution is 0.0987. The van der Waals surface area contributed by atoms with Crippen LogP contribution in [0.1, 0.15) is 33.0 Å². The van der Waals surface area contributed by atoms with Gasteiger partial charge in [-0.15, -0.1) is 0 Å². The third-order valence-corrected chi connectivity index (χ3v) is 3.25. The first-order valence-corrected chi connectivity index (χ1v) is 6.62. The average Bonchev–Trinajstić information content (AvgIpc) is 2.41. The number of hydrogen-bond donors (Lipinski definition) is 1. The lowest BCUT2D eigenvalue weighted by atomic mass is 10.0. The highest BCUT2D eigenvalue weighted by Crippen LogP contribution is 2.18. The summed E-state index contributed by atoms with van der Waals surface area (Å²) in [5, 5.41) is 3.07. The summed E-state index contributed by atoms with van der Waals surface area (Å²) >= 11 is 0. The van der Waals surface area contributed by atoms with Crippen LogP contribution in [0.5, 0.6) is 0 Å². The van der Waals surface area contributed by atoms with Crippen LogP contribution in [0.25, 0.3) is 0 Å². The molecule has 0 amide bonds. The fraction of sp³-hybridized carbons (Fsp3) is 0.312. The van der Waals surface area contributed by atoms with Gasteiger partial charge in [0.15, 0.2) is 5.78 Å². The van der Waals surface area contributed by atoms with Gasteiger partial charge in [0, 0.05) is 24.9 Å². The second kappa shape index (κ2) is 5.82. The zero-order valence-corrected chi connectivity index (χ0v) is 12.3. The van der Waals surface area contributed by atoms with E-state index >= 15 is 0 Å². The molecule has 0 saturated heterocycles. The summed E-state index contributed by atoms with van der Waals surface area (Å²) < 4.78 is 0. The fourth-order valence-electron chi connectivity index (χ4n) is 2.15. The maximum atomic E-state index is 12.5. The molecule has 0 fully saturated rings. The maximum Gasteiger partial charge on any atom is 0.185 e. The minimum atomic E-state index is 0.0355. The lowest BCUT2D eigenvalue weighted by Gasteiger charge is -2.10. The van der Waals surface area contributed by atoms with Gasteiger partial charge in [-0.1, -0.05) is 6.07 Å². The number of nitrogens with one attached hydrogen (secondary N) is 1. The van der Waals surface area contributed by atoms with Crippen molar-refractivity contribution in [2.24, 2.45) is 0 Å². The van der Waals surface area contributed by atoms with Crippen molar-refractivity contribution in [2.75, 3.05) is 12.4 Å². The van der Waals surface area contributed by atoms with Crippen molar-refractivity contribution in [3.63, 3.8) is 0 Å². The quantitative estimate of drug-likeness (QED) is 0.867. The molecule has 2 aromatic heterocycles. The Balaban J connectivity index is 2.32. The van der Waals surface area contributed by atoms with Crippen LogP contribution in [0.4, 0.5) is 5.69 Å². The predicted molar refractivity (Wildman–Crippen MR) is 80.3 cm³/mol. The van der Waals surface area contributed by atoms with Gasteiger partial charge in [-0.25, -0.2) is 4.98 Å². The van der Waals surface area contributed by atoms with Crippen LogP contribution >= 0.6 is 0 Å². The van der Waals surface area contributed by atoms with Crippen LogP contribution < -0.4 is 5.32 Å². The molecule has 2 rings (SSSR count). The minimum absolute atomic E-state index is 0.0355. The van der Waals surface area contributed by atoms with Crippen molar-refractivity contribution < 1.29 is 4.79 Å². The smallest absolute Gasteiger partial charge is 0.185 e. The van der Waals surface area contributed by atoms with Gasteiger partial charge < -0.3 is 5.32 Å². The highest BCUT2D eigenvalue weighted by Gasteiger charge is 2.14. The third-order valence-electron chi connectivity index (χ3n) is 3.25. The number of carbonyl (C=O) groups is 1. The number of carbonyl (C=O) groups excluding carboxylic acids is 1. The van der Waals surface area contributed by atoms with E-state index in [1.165, 1.54) is 0 Å². The van der Waals surface area contributed by atoms with Crippen LogP contribution in [0.15, 0.2) is 24.4 Å². The number of Topliss-reactive ketones (excluding diaryl/α,β-unsaturated/α-hetero) is 1. The van der Waals surface area contributed by atoms with Gasteiger partial charge >= 0.3 is 0 Å². The Hall–Kier alpha value is -2.23. The molecule has 0 aliphatic rings. The Morgan fingerprint density at radius 2 is 1.95 bits per heavy atom. The van der Waals surface area contributed by atoms with E-state index in [9.17, 15) is 4.79 Å². The number of aromatic nitrogens is 2. The summed E-state index contributed by atoms with van der Waals surface area (Å²) in [5.41, 5.74) is 5.07. The average molecular weight is 269 g/mol. The summed E-state index contributed by atoms with van der Waals surface area (Å²) in [4.78, 5) is 21.0. The molecule has 1 N–H and O–H groups in total. The van der Waals surface area contributed by atoms with Gasteiger partial charge in [-0.3, -0.25) is 9.78 Å². The normalized spacial score (nSPS) is 10.4. The second-order valence-corrected chi connectivity index (χ2v) is 4.95. The SMILES string of the molecule is CNc1cnc(C)cc1CC(=O)c1nc(C)ccc1C. The summed E-state index contributed by atoms with van der Waals surface area (Å²) in [6.45, 7) is 5.73. The number of aryl methyl sites for hydroxylation is 3. The molecule has 0 saturated carbocycles. The first-order chi connectivity index (χ1) is 9.51. The molecule has 0 aliphatic heterocycles. The molecular weight excluding hydrogens is 250 g/mol. The molecule has 0 radical (unpaired) electrons. The molecule has 0 unspecified atom stereocenters. The first-order valence-electron chi connectivity index (χ1n) is 6.62. The zero-order valence-electron chi connectivity index (χ0n) is 12.3. The number of hydrogen-bond acceptors (Lipinski definition) is 4. The van der Waals surface area contributed by atoms with E-state index < -0.39 is 0 Å². The van der Waals surface area contributed by atoms with Crippen LogP contribution in [0.2, 0.25) is 0 Å². The van der Waals surface area contributed by atoms with Gasteiger partial charge in [0.05, 0.1) is 11.9 Å². The number of pyridine rings is 2. The minimum Gasteiger partial charge on any atom is -0.387 e. The third kappa shape index (κ3) is 3.02. The van der Waals surface area contributed by atoms with E-state index in [0.717, 1.165) is 28.2 Å². The zero-order chi connectivity index (χ0) is 14.7. The lowest BCUT2D eigenvalue weighted by Crippen LogP contribution is -2.11. The topological polar surface area (TPSA) is 54.9 Å². The first kappa shape index (κ1) is 14.2. The van der Waals surface area contributed by atoms with Crippen molar-refractivity contribution in [3.8, 4) is 0 Å². The molecule has 2 aromatic rings. The van der Waals surface area contributed by atoms with Crippen LogP contribution in [0.3, 0.4) is 0 Å². The monoisotopic (exact) mass is 269 g/mol. The van der Waals surface area contributed by atoms with Gasteiger partial charge in [0.2, 0.25) is 0 Å². The van der Waals surface area contributed by atoms with Crippen molar-refractivity contribution in [2.45, 2.75) is 27.2 Å². The van der Waals surface area contributed by atoms with Crippen molar-refractivity contribution in [1.82, 2.24) is 9.97 Å². The standard InChI is InChI=1S/C16H19N3O/c1-10-5-6-11(2)19-16(10)15(20)8-13-7-12(3)18-9-14(13)17-4/h5-7,9,17H,8H2,1-4H3. The summed E-state index contributed by atoms with van der Waals surface area (Å²) in [6.07, 6.45) is 2.09. The fourth-order valence-corrected chi connectivity index (χ4v) is 2.15. The molecule has 0 spiro atoms. The Morgan fingerprint density at radius 1 is 1.20 bits per heavy atom. The van der Waals surface area contributed by atoms with Gasteiger partial charge in [0.1, 0.15) is 5.69 Å². The van der Waals surface area contributed by atoms with E-state index in [1.54, 1.807) is 6.20 Å². The van der Waals surface area contributed by atoms with E-state index in [0.29, 0.717) is 12.1 Å². The molecule has 4 nitrogen and oxygen atoms in total. The highest BCUT2D eigenvalue weighted by molar-refractivity contribution is 5.97. The Labute approximate surface area is 119 Å². The molecule has 4 heteroatoms. The molecule has 104 valence electrons. The van der Waals surface area contributed by atoms with Gasteiger partial charge in [-0.2, -0.15) is 0 Å². The van der Waals surface area contributed by atoms with Crippen molar-refractivity contribution >= 4 is 11.5 Å². The largest absolute Gasteiger partial charge is 0.387 e. The summed E-state index contributed by atoms with van der Waals surface area (Å²) in [5.74, 6) is 0.0355. The van der Waals surface area contributed by atoms with Crippen molar-refractivity contribution in [1.29, 1.82) is 0 Å². The molecule has 0 atom stereocenters. The number of anilines is 1. The Bertz CT molecular complexity index is 650. The summed E-state index contributed by atoms with van der Waals surface area (Å²) in [7, 11) is 1.83. The summed E-state index contributed by atoms with van der Waals surface area (Å²) in [6, 6.07) is 5.79. The highest BCUT2D eigenvalue weighted by atomic mass is 16.1. The number of ketones is 1. The van der Waals surface area contributed by atoms with E-state index in [4.69, 9.17) is 0 Å². The molecule has 0 aromatic carbocycles. The molecule has 0 bridgehead atoms. The number of nitrogens with zero attached hydrogens (tertiary/aromatic N) is 2. The molecule has 2 heterocycles. The van der Waals surface area contributed by atoms with Crippen LogP contribution in [-0.2, 0) is 6.42 Å². The Morgan fingerprint density at radius 3 is 2.65 bits per heavy atom. The Kier molecular flexibility index (Phi) is 4.13. The molecule has 0 aliphatic carbocycles. The van der Waals surface area contributed by atoms with E-state index in [2.05, 4.69) is 15.3 Å². The van der Waals surface area contributed by atoms with Crippen LogP contribution in [-0.4, -0.2) is 22.8 Å². The molecular formula is C16H19N3O. The second-order valence-electron chi connectivity index (χ2n) is 4.95.